The lowest BCUT2D eigenvalue weighted by Crippen LogP contribution is -2.43. The van der Waals surface area contributed by atoms with Crippen molar-refractivity contribution in [1.29, 1.82) is 0 Å². The average molecular weight is 320 g/mol. The third kappa shape index (κ3) is 4.88. The highest BCUT2D eigenvalue weighted by Crippen LogP contribution is 2.30. The normalized spacial score (nSPS) is 19.6. The lowest BCUT2D eigenvalue weighted by atomic mass is 9.83. The predicted octanol–water partition coefficient (Wildman–Crippen LogP) is 3.26. The topological polar surface area (TPSA) is 38.3 Å². The van der Waals surface area contributed by atoms with Gasteiger partial charge >= 0.3 is 5.97 Å². The lowest BCUT2D eigenvalue weighted by molar-refractivity contribution is -0.162. The number of unbranched alkanes of at least 4 members (excludes halogenated alkanes) is 1. The van der Waals surface area contributed by atoms with Crippen molar-refractivity contribution in [3.05, 3.63) is 0 Å². The van der Waals surface area contributed by atoms with Crippen LogP contribution in [0.2, 0.25) is 0 Å². The van der Waals surface area contributed by atoms with Crippen molar-refractivity contribution < 1.29 is 9.53 Å². The molecule has 0 aromatic heterocycles. The van der Waals surface area contributed by atoms with E-state index >= 15 is 0 Å². The van der Waals surface area contributed by atoms with Crippen LogP contribution in [0.5, 0.6) is 0 Å². The summed E-state index contributed by atoms with van der Waals surface area (Å²) in [5.41, 5.74) is -0.350. The van der Waals surface area contributed by atoms with E-state index in [9.17, 15) is 4.79 Å². The summed E-state index contributed by atoms with van der Waals surface area (Å²) >= 11 is 3.43. The zero-order valence-electron chi connectivity index (χ0n) is 11.8. The van der Waals surface area contributed by atoms with E-state index in [1.807, 2.05) is 13.8 Å². The molecule has 1 aliphatic rings. The number of hydrogen-bond acceptors (Lipinski definition) is 3. The van der Waals surface area contributed by atoms with Gasteiger partial charge in [0.15, 0.2) is 0 Å². The minimum Gasteiger partial charge on any atom is -0.459 e. The Labute approximate surface area is 119 Å². The first-order valence-electron chi connectivity index (χ1n) is 7.05. The van der Waals surface area contributed by atoms with Crippen molar-refractivity contribution in [3.63, 3.8) is 0 Å². The summed E-state index contributed by atoms with van der Waals surface area (Å²) in [4.78, 5) is 11.9. The second kappa shape index (κ2) is 7.49. The fourth-order valence-electron chi connectivity index (χ4n) is 2.42. The molecular formula is C14H26BrNO2. The van der Waals surface area contributed by atoms with Crippen molar-refractivity contribution in [2.75, 3.05) is 13.1 Å². The van der Waals surface area contributed by atoms with Crippen molar-refractivity contribution in [2.24, 2.45) is 5.92 Å². The van der Waals surface area contributed by atoms with Crippen LogP contribution < -0.4 is 5.32 Å². The Morgan fingerprint density at radius 3 is 2.61 bits per heavy atom. The molecule has 1 saturated heterocycles. The van der Waals surface area contributed by atoms with Gasteiger partial charge in [0.25, 0.3) is 0 Å². The van der Waals surface area contributed by atoms with Gasteiger partial charge in [-0.2, -0.15) is 0 Å². The Balaban J connectivity index is 2.45. The molecule has 1 atom stereocenters. The number of nitrogens with one attached hydrogen (secondary N) is 1. The first-order chi connectivity index (χ1) is 8.47. The zero-order valence-corrected chi connectivity index (χ0v) is 13.4. The van der Waals surface area contributed by atoms with Gasteiger partial charge in [-0.3, -0.25) is 4.79 Å². The Morgan fingerprint density at radius 1 is 1.44 bits per heavy atom. The summed E-state index contributed by atoms with van der Waals surface area (Å²) < 4.78 is 5.72. The Morgan fingerprint density at radius 2 is 2.06 bits per heavy atom. The van der Waals surface area contributed by atoms with Gasteiger partial charge < -0.3 is 10.1 Å². The molecule has 1 unspecified atom stereocenters. The van der Waals surface area contributed by atoms with Gasteiger partial charge in [0.1, 0.15) is 10.4 Å². The molecule has 1 rings (SSSR count). The van der Waals surface area contributed by atoms with Gasteiger partial charge in [-0.1, -0.05) is 35.7 Å². The molecular weight excluding hydrogens is 294 g/mol. The second-order valence-electron chi connectivity index (χ2n) is 5.66. The van der Waals surface area contributed by atoms with Crippen LogP contribution in [0.25, 0.3) is 0 Å². The molecule has 4 heteroatoms. The maximum absolute atomic E-state index is 12.0. The molecule has 106 valence electrons. The largest absolute Gasteiger partial charge is 0.459 e. The highest BCUT2D eigenvalue weighted by molar-refractivity contribution is 9.10. The van der Waals surface area contributed by atoms with Gasteiger partial charge in [-0.25, -0.2) is 0 Å². The number of esters is 1. The van der Waals surface area contributed by atoms with E-state index in [0.29, 0.717) is 5.92 Å². The Bertz CT molecular complexity index is 263. The third-order valence-electron chi connectivity index (χ3n) is 3.75. The molecule has 1 aliphatic heterocycles. The minimum atomic E-state index is -0.350. The number of carbonyl (C=O) groups is 1. The van der Waals surface area contributed by atoms with Crippen molar-refractivity contribution in [1.82, 2.24) is 5.32 Å². The number of alkyl halides is 1. The molecule has 1 N–H and O–H groups in total. The maximum Gasteiger partial charge on any atom is 0.320 e. The molecule has 0 saturated carbocycles. The van der Waals surface area contributed by atoms with Crippen LogP contribution in [0.3, 0.4) is 0 Å². The highest BCUT2D eigenvalue weighted by Gasteiger charge is 2.35. The summed E-state index contributed by atoms with van der Waals surface area (Å²) in [5, 5.41) is 3.34. The van der Waals surface area contributed by atoms with Gasteiger partial charge in [-0.15, -0.1) is 0 Å². The molecule has 1 fully saturated rings. The van der Waals surface area contributed by atoms with Crippen LogP contribution in [0, 0.1) is 5.92 Å². The van der Waals surface area contributed by atoms with E-state index in [4.69, 9.17) is 4.74 Å². The highest BCUT2D eigenvalue weighted by atomic mass is 79.9. The van der Waals surface area contributed by atoms with E-state index in [-0.39, 0.29) is 16.4 Å². The molecule has 0 bridgehead atoms. The summed E-state index contributed by atoms with van der Waals surface area (Å²) in [5.74, 6) is 0.362. The number of ether oxygens (including phenoxy) is 1. The Hall–Kier alpha value is -0.0900. The summed E-state index contributed by atoms with van der Waals surface area (Å²) in [7, 11) is 0. The summed E-state index contributed by atoms with van der Waals surface area (Å²) in [6.45, 7) is 8.27. The van der Waals surface area contributed by atoms with E-state index in [2.05, 4.69) is 28.2 Å². The van der Waals surface area contributed by atoms with E-state index in [1.54, 1.807) is 0 Å². The monoisotopic (exact) mass is 319 g/mol. The van der Waals surface area contributed by atoms with Gasteiger partial charge in [0.05, 0.1) is 0 Å². The fraction of sp³-hybridized carbons (Fsp3) is 0.929. The molecule has 0 radical (unpaired) electrons. The van der Waals surface area contributed by atoms with Crippen LogP contribution >= 0.6 is 15.9 Å². The fourth-order valence-corrected chi connectivity index (χ4v) is 2.84. The molecule has 18 heavy (non-hydrogen) atoms. The van der Waals surface area contributed by atoms with Gasteiger partial charge in [-0.05, 0) is 46.2 Å². The molecule has 0 aromatic rings. The van der Waals surface area contributed by atoms with Crippen LogP contribution in [-0.2, 0) is 9.53 Å². The summed E-state index contributed by atoms with van der Waals surface area (Å²) in [6, 6.07) is 0. The number of hydrogen-bond donors (Lipinski definition) is 1. The number of halogens is 1. The second-order valence-corrected chi connectivity index (χ2v) is 6.76. The predicted molar refractivity (Wildman–Crippen MR) is 78.0 cm³/mol. The molecule has 0 aromatic carbocycles. The average Bonchev–Trinajstić information content (AvgIpc) is 2.36. The van der Waals surface area contributed by atoms with Crippen LogP contribution in [0.15, 0.2) is 0 Å². The SMILES string of the molecule is CCCCC(Br)C(=O)OC(C)(C)C1CCNCC1. The summed E-state index contributed by atoms with van der Waals surface area (Å²) in [6.07, 6.45) is 5.19. The van der Waals surface area contributed by atoms with Crippen LogP contribution in [0.4, 0.5) is 0 Å². The van der Waals surface area contributed by atoms with Crippen LogP contribution in [0.1, 0.15) is 52.9 Å². The maximum atomic E-state index is 12.0. The van der Waals surface area contributed by atoms with Gasteiger partial charge in [0.2, 0.25) is 0 Å². The number of rotatable bonds is 6. The van der Waals surface area contributed by atoms with E-state index in [1.165, 1.54) is 0 Å². The number of piperidine rings is 1. The van der Waals surface area contributed by atoms with Crippen molar-refractivity contribution in [3.8, 4) is 0 Å². The third-order valence-corrected chi connectivity index (χ3v) is 4.58. The standard InChI is InChI=1S/C14H26BrNO2/c1-4-5-6-12(15)13(17)18-14(2,3)11-7-9-16-10-8-11/h11-12,16H,4-10H2,1-3H3. The number of carbonyl (C=O) groups excluding carboxylic acids is 1. The molecule has 0 amide bonds. The van der Waals surface area contributed by atoms with Crippen molar-refractivity contribution in [2.45, 2.75) is 63.3 Å². The Kier molecular flexibility index (Phi) is 6.64. The smallest absolute Gasteiger partial charge is 0.320 e. The van der Waals surface area contributed by atoms with Crippen molar-refractivity contribution >= 4 is 21.9 Å². The molecule has 3 nitrogen and oxygen atoms in total. The quantitative estimate of drug-likeness (QED) is 0.603. The zero-order chi connectivity index (χ0) is 13.6. The molecule has 1 heterocycles. The lowest BCUT2D eigenvalue weighted by Gasteiger charge is -2.37. The van der Waals surface area contributed by atoms with E-state index in [0.717, 1.165) is 45.2 Å². The minimum absolute atomic E-state index is 0.105. The van der Waals surface area contributed by atoms with Gasteiger partial charge in [0, 0.05) is 5.92 Å². The molecule has 0 spiro atoms. The van der Waals surface area contributed by atoms with Crippen LogP contribution in [-0.4, -0.2) is 29.5 Å². The molecule has 0 aliphatic carbocycles. The van der Waals surface area contributed by atoms with E-state index < -0.39 is 0 Å². The first kappa shape index (κ1) is 16.0. The first-order valence-corrected chi connectivity index (χ1v) is 7.96.